The summed E-state index contributed by atoms with van der Waals surface area (Å²) < 4.78 is 3.43. The first-order valence-electron chi connectivity index (χ1n) is 17.9. The Morgan fingerprint density at radius 1 is 0.279 bits per heavy atom. The van der Waals surface area contributed by atoms with Gasteiger partial charge in [-0.3, -0.25) is 0 Å². The third kappa shape index (κ3) is 6.09. The van der Waals surface area contributed by atoms with Crippen LogP contribution in [0.4, 0.5) is 0 Å². The van der Waals surface area contributed by atoms with E-state index in [0.29, 0.717) is 0 Å². The second-order valence-corrected chi connectivity index (χ2v) is 102. The molecule has 43 heavy (non-hydrogen) atoms. The summed E-state index contributed by atoms with van der Waals surface area (Å²) in [6, 6.07) is 0. The molecule has 0 amide bonds. The van der Waals surface area contributed by atoms with Gasteiger partial charge in [0.25, 0.3) is 0 Å². The standard InChI is InChI=1S/C32H80Ge2Si9/c1-36(2,3)29(37(4,5)6)25-26-30(38(7,8)9,39(10,11)12)33(29)35-34-31(40(13,14)15,41(16,17)18)27-28-32(34,42(19,20)21)43(22,23)24/h25-28H2,1-24H3. The average Bonchev–Trinajstić information content (AvgIpc) is 3.21. The fraction of sp³-hybridized carbons (Fsp3) is 1.00. The van der Waals surface area contributed by atoms with Crippen molar-refractivity contribution in [3.05, 3.63) is 0 Å². The van der Waals surface area contributed by atoms with Crippen molar-refractivity contribution in [2.45, 2.75) is 197 Å². The fourth-order valence-corrected chi connectivity index (χ4v) is 254. The predicted molar refractivity (Wildman–Crippen MR) is 233 cm³/mol. The molecule has 2 rings (SSSR count). The molecule has 0 radical (unpaired) electrons. The third-order valence-electron chi connectivity index (χ3n) is 13.9. The predicted octanol–water partition coefficient (Wildman–Crippen LogP) is 12.2. The van der Waals surface area contributed by atoms with Crippen molar-refractivity contribution in [1.29, 1.82) is 0 Å². The molecule has 2 aliphatic heterocycles. The van der Waals surface area contributed by atoms with Gasteiger partial charge in [0.1, 0.15) is 0 Å². The summed E-state index contributed by atoms with van der Waals surface area (Å²) in [6.45, 7) is 70.0. The van der Waals surface area contributed by atoms with Crippen molar-refractivity contribution in [3.63, 3.8) is 0 Å². The molecule has 0 unspecified atom stereocenters. The molecule has 11 heteroatoms. The molecule has 0 saturated carbocycles. The second-order valence-electron chi connectivity index (χ2n) is 23.5. The van der Waals surface area contributed by atoms with E-state index in [1.54, 1.807) is 31.3 Å². The van der Waals surface area contributed by atoms with E-state index in [1.165, 1.54) is 0 Å². The van der Waals surface area contributed by atoms with E-state index < -0.39 is 91.0 Å². The summed E-state index contributed by atoms with van der Waals surface area (Å²) in [5.74, 6) is 0. The fourth-order valence-electron chi connectivity index (χ4n) is 13.0. The second kappa shape index (κ2) is 11.8. The summed E-state index contributed by atoms with van der Waals surface area (Å²) in [6.07, 6.45) is 6.73. The third-order valence-corrected chi connectivity index (χ3v) is 151. The van der Waals surface area contributed by atoms with E-state index in [0.717, 1.165) is 14.0 Å². The maximum absolute atomic E-state index is 2.92. The van der Waals surface area contributed by atoms with Gasteiger partial charge >= 0.3 is 293 Å². The van der Waals surface area contributed by atoms with Gasteiger partial charge in [0.05, 0.1) is 0 Å². The summed E-state index contributed by atoms with van der Waals surface area (Å²) in [5, 5.41) is 0. The van der Waals surface area contributed by atoms with Crippen LogP contribution in [-0.2, 0) is 0 Å². The molecule has 0 N–H and O–H groups in total. The average molecular weight is 863 g/mol. The van der Waals surface area contributed by atoms with Crippen LogP contribution in [0.2, 0.25) is 171 Å². The van der Waals surface area contributed by atoms with Crippen LogP contribution in [-0.4, -0.2) is 96.6 Å². The minimum absolute atomic E-state index is 0.858. The van der Waals surface area contributed by atoms with Crippen molar-refractivity contribution in [3.8, 4) is 0 Å². The summed E-state index contributed by atoms with van der Waals surface area (Å²) >= 11 is -3.18. The van der Waals surface area contributed by atoms with Gasteiger partial charge in [-0.05, 0) is 0 Å². The van der Waals surface area contributed by atoms with Gasteiger partial charge in [0, 0.05) is 0 Å². The summed E-state index contributed by atoms with van der Waals surface area (Å²) in [5.41, 5.74) is 1.54. The molecule has 2 saturated heterocycles. The van der Waals surface area contributed by atoms with Crippen molar-refractivity contribution >= 4 is 96.6 Å². The van der Waals surface area contributed by atoms with Gasteiger partial charge in [-0.2, -0.15) is 0 Å². The van der Waals surface area contributed by atoms with Crippen LogP contribution in [0, 0.1) is 0 Å². The first-order chi connectivity index (χ1) is 18.4. The zero-order valence-electron chi connectivity index (χ0n) is 34.3. The molecule has 252 valence electrons. The Hall–Kier alpha value is 3.04. The Morgan fingerprint density at radius 3 is 0.488 bits per heavy atom. The zero-order valence-corrected chi connectivity index (χ0v) is 47.5. The molecule has 0 bridgehead atoms. The Morgan fingerprint density at radius 2 is 0.395 bits per heavy atom. The minimum atomic E-state index is -1.59. The molecular formula is C32H80Ge2Si9. The zero-order chi connectivity index (χ0) is 34.7. The summed E-state index contributed by atoms with van der Waals surface area (Å²) in [4.78, 5) is 0. The first kappa shape index (κ1) is 42.2. The molecule has 0 atom stereocenters. The number of hydrogen-bond donors (Lipinski definition) is 0. The molecule has 2 heterocycles. The molecule has 2 aliphatic rings. The van der Waals surface area contributed by atoms with E-state index in [-0.39, 0.29) is 0 Å². The van der Waals surface area contributed by atoms with Gasteiger partial charge in [0.2, 0.25) is 0 Å². The monoisotopic (exact) mass is 864 g/mol. The van der Waals surface area contributed by atoms with Crippen LogP contribution in [0.5, 0.6) is 0 Å². The molecule has 0 nitrogen and oxygen atoms in total. The van der Waals surface area contributed by atoms with Crippen LogP contribution in [0.15, 0.2) is 0 Å². The van der Waals surface area contributed by atoms with Crippen molar-refractivity contribution in [1.82, 2.24) is 0 Å². The molecular weight excluding hydrogens is 782 g/mol. The van der Waals surface area contributed by atoms with Crippen LogP contribution >= 0.6 is 0 Å². The van der Waals surface area contributed by atoms with Gasteiger partial charge in [0.15, 0.2) is 0 Å². The van der Waals surface area contributed by atoms with E-state index in [9.17, 15) is 0 Å². The Balaban J connectivity index is 3.74. The molecule has 0 aromatic carbocycles. The van der Waals surface area contributed by atoms with Gasteiger partial charge in [-0.25, -0.2) is 0 Å². The van der Waals surface area contributed by atoms with Crippen molar-refractivity contribution < 1.29 is 0 Å². The first-order valence-corrected chi connectivity index (χ1v) is 57.4. The number of hydrogen-bond acceptors (Lipinski definition) is 0. The van der Waals surface area contributed by atoms with E-state index in [4.69, 9.17) is 0 Å². The molecule has 0 aromatic rings. The van der Waals surface area contributed by atoms with E-state index in [1.807, 2.05) is 0 Å². The number of rotatable bonds is 8. The van der Waals surface area contributed by atoms with Crippen molar-refractivity contribution in [2.24, 2.45) is 0 Å². The van der Waals surface area contributed by atoms with E-state index >= 15 is 0 Å². The van der Waals surface area contributed by atoms with Gasteiger partial charge in [-0.1, -0.05) is 0 Å². The molecule has 2 fully saturated rings. The van der Waals surface area contributed by atoms with Gasteiger partial charge < -0.3 is 0 Å². The Labute approximate surface area is 290 Å². The van der Waals surface area contributed by atoms with E-state index in [2.05, 4.69) is 157 Å². The van der Waals surface area contributed by atoms with Crippen LogP contribution in [0.1, 0.15) is 25.7 Å². The molecule has 0 aliphatic carbocycles. The maximum atomic E-state index is 2.92. The SMILES string of the molecule is C[Si](C)(C)[C]1([Si](C)(C)C)CC[C]([Si](C)(C)C)([Si](C)(C)C)[Ge]1=[Si]=[Ge]1[C]([Si](C)(C)C)([Si](C)(C)C)CC[C]1([Si](C)(C)C)[Si](C)(C)C. The Bertz CT molecular complexity index is 915. The van der Waals surface area contributed by atoms with Crippen LogP contribution < -0.4 is 0 Å². The quantitative estimate of drug-likeness (QED) is 0.213. The summed E-state index contributed by atoms with van der Waals surface area (Å²) in [7, 11) is -11.3. The topological polar surface area (TPSA) is 0 Å². The van der Waals surface area contributed by atoms with Crippen molar-refractivity contribution in [2.75, 3.05) is 0 Å². The van der Waals surface area contributed by atoms with Crippen LogP contribution in [0.25, 0.3) is 0 Å². The normalized spacial score (nSPS) is 23.5. The van der Waals surface area contributed by atoms with Gasteiger partial charge in [-0.15, -0.1) is 0 Å². The Kier molecular flexibility index (Phi) is 11.6. The molecule has 0 aromatic heterocycles. The van der Waals surface area contributed by atoms with Crippen LogP contribution in [0.3, 0.4) is 0 Å². The molecule has 0 spiro atoms.